The zero-order valence-electron chi connectivity index (χ0n) is 12.6. The second kappa shape index (κ2) is 10.0. The van der Waals surface area contributed by atoms with Gasteiger partial charge in [-0.15, -0.1) is 0 Å². The smallest absolute Gasteiger partial charge is 0.469 e. The molecule has 2 fully saturated rings. The average molecular weight is 348 g/mol. The van der Waals surface area contributed by atoms with Crippen molar-refractivity contribution in [2.45, 2.75) is 25.5 Å². The summed E-state index contributed by atoms with van der Waals surface area (Å²) in [6.45, 7) is 5.62. The minimum atomic E-state index is -1.20. The molecule has 1 atom stereocenters. The summed E-state index contributed by atoms with van der Waals surface area (Å²) in [5, 5.41) is 0.550. The zero-order valence-corrected chi connectivity index (χ0v) is 14.5. The Balaban J connectivity index is 0.000000562. The van der Waals surface area contributed by atoms with Crippen LogP contribution in [0.3, 0.4) is 0 Å². The molecule has 2 aliphatic rings. The maximum atomic E-state index is 12.1. The van der Waals surface area contributed by atoms with Crippen LogP contribution in [0.5, 0.6) is 0 Å². The van der Waals surface area contributed by atoms with Crippen LogP contribution in [-0.2, 0) is 37.4 Å². The Morgan fingerprint density at radius 3 is 1.86 bits per heavy atom. The van der Waals surface area contributed by atoms with Gasteiger partial charge >= 0.3 is 23.0 Å². The topological polar surface area (TPSA) is 43.4 Å². The first kappa shape index (κ1) is 21.1. The van der Waals surface area contributed by atoms with E-state index in [0.717, 1.165) is 0 Å². The maximum Gasteiger partial charge on any atom is 2.00 e. The first-order chi connectivity index (χ1) is 9.38. The summed E-state index contributed by atoms with van der Waals surface area (Å²) in [5.41, 5.74) is 0. The predicted molar refractivity (Wildman–Crippen MR) is 80.8 cm³/mol. The van der Waals surface area contributed by atoms with Crippen LogP contribution >= 0.6 is 0 Å². The number of hydrogen-bond donors (Lipinski definition) is 0. The largest absolute Gasteiger partial charge is 2.00 e. The summed E-state index contributed by atoms with van der Waals surface area (Å²) in [7, 11) is 0.114. The van der Waals surface area contributed by atoms with Gasteiger partial charge in [-0.3, -0.25) is 9.00 Å². The summed E-state index contributed by atoms with van der Waals surface area (Å²) >= 11 is 0. The number of methoxy groups -OCH3 is 1. The van der Waals surface area contributed by atoms with E-state index in [1.54, 1.807) is 19.3 Å². The molecular formula is C16H20FeO3S+2. The van der Waals surface area contributed by atoms with Crippen LogP contribution < -0.4 is 0 Å². The minimum absolute atomic E-state index is 0. The van der Waals surface area contributed by atoms with Crippen LogP contribution in [0.2, 0.25) is 0 Å². The fourth-order valence-electron chi connectivity index (χ4n) is 1.49. The summed E-state index contributed by atoms with van der Waals surface area (Å²) in [4.78, 5) is 11.4. The molecular weight excluding hydrogens is 328 g/mol. The molecule has 0 aromatic carbocycles. The van der Waals surface area contributed by atoms with Crippen molar-refractivity contribution in [3.8, 4) is 0 Å². The van der Waals surface area contributed by atoms with Gasteiger partial charge in [-0.25, -0.2) is 0 Å². The van der Waals surface area contributed by atoms with Gasteiger partial charge in [-0.1, -0.05) is 0 Å². The Morgan fingerprint density at radius 2 is 1.48 bits per heavy atom. The van der Waals surface area contributed by atoms with Crippen molar-refractivity contribution in [3.05, 3.63) is 62.5 Å². The number of ether oxygens (including phenoxy) is 1. The third-order valence-corrected chi connectivity index (χ3v) is 4.36. The van der Waals surface area contributed by atoms with Gasteiger partial charge in [0, 0.05) is 15.5 Å². The second-order valence-electron chi connectivity index (χ2n) is 5.14. The van der Waals surface area contributed by atoms with Crippen molar-refractivity contribution < 1.29 is 30.8 Å². The van der Waals surface area contributed by atoms with Crippen molar-refractivity contribution in [2.24, 2.45) is 0 Å². The molecule has 21 heavy (non-hydrogen) atoms. The molecule has 2 rings (SSSR count). The molecule has 0 aromatic heterocycles. The third-order valence-electron chi connectivity index (χ3n) is 2.49. The Labute approximate surface area is 142 Å². The van der Waals surface area contributed by atoms with Gasteiger partial charge in [0.25, 0.3) is 0 Å². The van der Waals surface area contributed by atoms with E-state index >= 15 is 0 Å². The van der Waals surface area contributed by atoms with E-state index in [0.29, 0.717) is 11.2 Å². The standard InChI is InChI=1S/C11H15O3S.C5H5.Fe/c1-11(2,3)15(13)9-7-5-6-8(9)10(12)14-4;1-2-4-5-3-1;/h5-7H,1-4H3;1-5H;/q;;+2/t15-;;/m0../s1. The first-order valence-electron chi connectivity index (χ1n) is 6.30. The van der Waals surface area contributed by atoms with Crippen LogP contribution in [0.25, 0.3) is 0 Å². The van der Waals surface area contributed by atoms with Crippen LogP contribution in [0, 0.1) is 62.5 Å². The van der Waals surface area contributed by atoms with E-state index < -0.39 is 16.8 Å². The second-order valence-corrected chi connectivity index (χ2v) is 7.34. The van der Waals surface area contributed by atoms with E-state index in [1.807, 2.05) is 52.9 Å². The Kier molecular flexibility index (Phi) is 10.1. The van der Waals surface area contributed by atoms with Gasteiger partial charge in [0.15, 0.2) is 0 Å². The summed E-state index contributed by atoms with van der Waals surface area (Å²) in [5.74, 6) is -0.0432. The van der Waals surface area contributed by atoms with Gasteiger partial charge in [0.05, 0.1) is 12.4 Å². The van der Waals surface area contributed by atoms with Gasteiger partial charge in [0.1, 0.15) is 5.92 Å². The van der Waals surface area contributed by atoms with E-state index in [4.69, 9.17) is 0 Å². The van der Waals surface area contributed by atoms with Gasteiger partial charge < -0.3 is 4.74 Å². The average Bonchev–Trinajstić information content (AvgIpc) is 3.09. The molecule has 10 radical (unpaired) electrons. The van der Waals surface area contributed by atoms with Gasteiger partial charge in [-0.2, -0.15) is 0 Å². The SMILES string of the molecule is COC(=O)[C]1[CH][CH][CH][C]1[S@](=O)C(C)(C)C.[CH]1[CH][CH][CH][CH]1.[Fe+2]. The van der Waals surface area contributed by atoms with E-state index in [2.05, 4.69) is 4.74 Å². The molecule has 3 nitrogen and oxygen atoms in total. The molecule has 0 N–H and O–H groups in total. The molecule has 0 heterocycles. The number of carbonyl (C=O) groups is 1. The van der Waals surface area contributed by atoms with E-state index in [-0.39, 0.29) is 21.8 Å². The van der Waals surface area contributed by atoms with E-state index in [1.165, 1.54) is 7.11 Å². The van der Waals surface area contributed by atoms with Crippen molar-refractivity contribution >= 4 is 16.8 Å². The van der Waals surface area contributed by atoms with E-state index in [9.17, 15) is 9.00 Å². The number of hydrogen-bond acceptors (Lipinski definition) is 3. The molecule has 0 spiro atoms. The molecule has 5 heteroatoms. The van der Waals surface area contributed by atoms with Crippen LogP contribution in [0.15, 0.2) is 0 Å². The Morgan fingerprint density at radius 1 is 1.00 bits per heavy atom. The van der Waals surface area contributed by atoms with Crippen molar-refractivity contribution in [1.82, 2.24) is 0 Å². The van der Waals surface area contributed by atoms with Crippen LogP contribution in [-0.4, -0.2) is 22.0 Å². The molecule has 2 aliphatic carbocycles. The number of esters is 1. The first-order valence-corrected chi connectivity index (χ1v) is 7.45. The number of rotatable bonds is 2. The molecule has 0 aliphatic heterocycles. The molecule has 0 aromatic rings. The van der Waals surface area contributed by atoms with Gasteiger partial charge in [-0.05, 0) is 72.1 Å². The Bertz CT molecular complexity index is 327. The summed E-state index contributed by atoms with van der Waals surface area (Å²) in [6.07, 6.45) is 15.0. The van der Waals surface area contributed by atoms with Gasteiger partial charge in [0.2, 0.25) is 0 Å². The molecule has 0 saturated heterocycles. The quantitative estimate of drug-likeness (QED) is 0.569. The number of carbonyl (C=O) groups excluding carboxylic acids is 1. The third kappa shape index (κ3) is 6.83. The molecule has 0 unspecified atom stereocenters. The molecule has 0 bridgehead atoms. The van der Waals surface area contributed by atoms with Crippen LogP contribution in [0.1, 0.15) is 20.8 Å². The minimum Gasteiger partial charge on any atom is -0.469 e. The Hall–Kier alpha value is 0.139. The van der Waals surface area contributed by atoms with Crippen molar-refractivity contribution in [2.75, 3.05) is 7.11 Å². The maximum absolute atomic E-state index is 12.1. The predicted octanol–water partition coefficient (Wildman–Crippen LogP) is 2.46. The molecule has 0 amide bonds. The summed E-state index contributed by atoms with van der Waals surface area (Å²) < 4.78 is 16.3. The fraction of sp³-hybridized carbons (Fsp3) is 0.312. The van der Waals surface area contributed by atoms with Crippen molar-refractivity contribution in [3.63, 3.8) is 0 Å². The van der Waals surface area contributed by atoms with Crippen molar-refractivity contribution in [1.29, 1.82) is 0 Å². The zero-order chi connectivity index (χ0) is 15.2. The molecule has 2 saturated carbocycles. The fourth-order valence-corrected chi connectivity index (χ4v) is 2.71. The molecule has 114 valence electrons. The monoisotopic (exact) mass is 348 g/mol. The summed E-state index contributed by atoms with van der Waals surface area (Å²) in [6, 6.07) is 0. The normalized spacial score (nSPS) is 21.1. The van der Waals surface area contributed by atoms with Crippen LogP contribution in [0.4, 0.5) is 0 Å².